The van der Waals surface area contributed by atoms with Crippen molar-refractivity contribution in [3.8, 4) is 0 Å². The highest BCUT2D eigenvalue weighted by Gasteiger charge is 2.38. The summed E-state index contributed by atoms with van der Waals surface area (Å²) >= 11 is 0. The molecule has 0 bridgehead atoms. The zero-order valence-electron chi connectivity index (χ0n) is 42.6. The smallest absolute Gasteiger partial charge is 0.407 e. The first-order chi connectivity index (χ1) is 32.8. The second-order valence-electron chi connectivity index (χ2n) is 20.6. The van der Waals surface area contributed by atoms with Crippen LogP contribution in [-0.4, -0.2) is 42.3 Å². The lowest BCUT2D eigenvalue weighted by Gasteiger charge is -2.32. The van der Waals surface area contributed by atoms with E-state index in [0.717, 1.165) is 79.1 Å². The van der Waals surface area contributed by atoms with Gasteiger partial charge >= 0.3 is 6.09 Å². The number of aliphatic hydroxyl groups excluding tert-OH is 1. The van der Waals surface area contributed by atoms with Crippen molar-refractivity contribution < 1.29 is 14.6 Å². The van der Waals surface area contributed by atoms with Crippen LogP contribution < -0.4 is 26.5 Å². The Bertz CT molecular complexity index is 1650. The van der Waals surface area contributed by atoms with Gasteiger partial charge in [-0.25, -0.2) is 4.79 Å². The van der Waals surface area contributed by atoms with Crippen LogP contribution in [0.2, 0.25) is 0 Å². The molecular formula is C61H91NO3P2. The number of benzene rings is 4. The minimum atomic E-state index is -0.250. The van der Waals surface area contributed by atoms with Gasteiger partial charge in [0.2, 0.25) is 0 Å². The number of hydrogen-bond acceptors (Lipinski definition) is 3. The molecule has 4 saturated carbocycles. The number of nitrogens with one attached hydrogen (secondary N) is 1. The van der Waals surface area contributed by atoms with E-state index in [0.29, 0.717) is 13.2 Å². The number of amides is 1. The van der Waals surface area contributed by atoms with Crippen LogP contribution in [0.15, 0.2) is 121 Å². The van der Waals surface area contributed by atoms with Crippen LogP contribution in [0.1, 0.15) is 163 Å². The first-order valence-electron chi connectivity index (χ1n) is 27.1. The van der Waals surface area contributed by atoms with Crippen LogP contribution in [-0.2, 0) is 4.74 Å². The Kier molecular flexibility index (Phi) is 26.2. The van der Waals surface area contributed by atoms with Crippen molar-refractivity contribution in [3.05, 3.63) is 121 Å². The van der Waals surface area contributed by atoms with Gasteiger partial charge in [-0.2, -0.15) is 0 Å². The van der Waals surface area contributed by atoms with Gasteiger partial charge < -0.3 is 15.2 Å². The van der Waals surface area contributed by atoms with Gasteiger partial charge in [-0.05, 0) is 142 Å². The van der Waals surface area contributed by atoms with Crippen LogP contribution in [0.5, 0.6) is 0 Å². The molecule has 0 heterocycles. The lowest BCUT2D eigenvalue weighted by molar-refractivity contribution is 0.142. The molecule has 4 aliphatic carbocycles. The van der Waals surface area contributed by atoms with Gasteiger partial charge in [-0.1, -0.05) is 227 Å². The number of aliphatic hydroxyl groups is 1. The molecule has 8 rings (SSSR count). The fourth-order valence-corrected chi connectivity index (χ4v) is 18.2. The quantitative estimate of drug-likeness (QED) is 0.0772. The fraction of sp³-hybridized carbons (Fsp3) is 0.590. The Morgan fingerprint density at radius 2 is 0.910 bits per heavy atom. The molecule has 4 unspecified atom stereocenters. The molecule has 0 aromatic heterocycles. The highest BCUT2D eigenvalue weighted by molar-refractivity contribution is 7.74. The molecule has 0 saturated heterocycles. The summed E-state index contributed by atoms with van der Waals surface area (Å²) in [7, 11) is -0.448. The van der Waals surface area contributed by atoms with E-state index in [1.165, 1.54) is 103 Å². The van der Waals surface area contributed by atoms with Crippen molar-refractivity contribution in [2.24, 2.45) is 35.5 Å². The summed E-state index contributed by atoms with van der Waals surface area (Å²) in [4.78, 5) is 11.2. The Hall–Kier alpha value is -3.03. The minimum absolute atomic E-state index is 0.224. The molecule has 4 aromatic carbocycles. The largest absolute Gasteiger partial charge is 0.450 e. The van der Waals surface area contributed by atoms with E-state index in [-0.39, 0.29) is 21.9 Å². The van der Waals surface area contributed by atoms with Gasteiger partial charge in [0, 0.05) is 13.2 Å². The summed E-state index contributed by atoms with van der Waals surface area (Å²) in [5, 5.41) is 17.5. The van der Waals surface area contributed by atoms with Crippen molar-refractivity contribution in [1.29, 1.82) is 0 Å². The minimum Gasteiger partial charge on any atom is -0.450 e. The Morgan fingerprint density at radius 3 is 1.25 bits per heavy atom. The molecule has 4 aliphatic rings. The van der Waals surface area contributed by atoms with E-state index < -0.39 is 0 Å². The second kappa shape index (κ2) is 32.0. The van der Waals surface area contributed by atoms with Gasteiger partial charge in [0.1, 0.15) is 0 Å². The zero-order valence-corrected chi connectivity index (χ0v) is 44.4. The third-order valence-electron chi connectivity index (χ3n) is 15.1. The standard InChI is InChI=1S/2C20H25P.C13H25NO2.C8H16O/c2*1-16(2)19-14-9-15-20(19)21(17-10-5-3-6-11-17)18-12-7-4-8-13-18;1-2-3-10-14-13(15)16-11-6-9-12-7-4-5-8-12;9-7-3-6-8-4-1-2-5-8/h2*3-8,10-13,16,19-20H,9,14-15H2,1-2H3;12H,2-11H2,1H3,(H,14,15);8-9H,1-7H2. The molecule has 368 valence electrons. The van der Waals surface area contributed by atoms with Gasteiger partial charge in [0.05, 0.1) is 6.61 Å². The Morgan fingerprint density at radius 1 is 0.537 bits per heavy atom. The summed E-state index contributed by atoms with van der Waals surface area (Å²) in [5.41, 5.74) is 1.70. The predicted molar refractivity (Wildman–Crippen MR) is 294 cm³/mol. The number of rotatable bonds is 18. The highest BCUT2D eigenvalue weighted by atomic mass is 31.1. The molecule has 0 aliphatic heterocycles. The van der Waals surface area contributed by atoms with Crippen LogP contribution in [0.4, 0.5) is 4.79 Å². The first-order valence-corrected chi connectivity index (χ1v) is 29.9. The van der Waals surface area contributed by atoms with Gasteiger partial charge in [-0.15, -0.1) is 0 Å². The van der Waals surface area contributed by atoms with Crippen molar-refractivity contribution in [1.82, 2.24) is 5.32 Å². The number of carbonyl (C=O) groups is 1. The van der Waals surface area contributed by atoms with Crippen LogP contribution in [0, 0.1) is 35.5 Å². The number of carbonyl (C=O) groups excluding carboxylic acids is 1. The maximum Gasteiger partial charge on any atom is 0.407 e. The zero-order chi connectivity index (χ0) is 47.5. The molecule has 1 amide bonds. The molecular weight excluding hydrogens is 857 g/mol. The number of alkyl carbamates (subject to hydrolysis) is 1. The lowest BCUT2D eigenvalue weighted by Crippen LogP contribution is -2.27. The molecule has 67 heavy (non-hydrogen) atoms. The molecule has 4 fully saturated rings. The lowest BCUT2D eigenvalue weighted by atomic mass is 9.94. The maximum absolute atomic E-state index is 11.2. The van der Waals surface area contributed by atoms with E-state index in [2.05, 4.69) is 161 Å². The molecule has 0 spiro atoms. The maximum atomic E-state index is 11.2. The third-order valence-corrected chi connectivity index (χ3v) is 21.1. The number of unbranched alkanes of at least 4 members (excludes halogenated alkanes) is 1. The highest BCUT2D eigenvalue weighted by Crippen LogP contribution is 2.53. The van der Waals surface area contributed by atoms with Crippen LogP contribution in [0.3, 0.4) is 0 Å². The van der Waals surface area contributed by atoms with Crippen LogP contribution in [0.25, 0.3) is 0 Å². The van der Waals surface area contributed by atoms with E-state index in [1.54, 1.807) is 21.2 Å². The molecule has 2 N–H and O–H groups in total. The van der Waals surface area contributed by atoms with E-state index >= 15 is 0 Å². The second-order valence-corrected chi connectivity index (χ2v) is 25.5. The number of ether oxygens (including phenoxy) is 1. The average Bonchev–Trinajstić information content (AvgIpc) is 4.22. The van der Waals surface area contributed by atoms with Crippen LogP contribution >= 0.6 is 15.8 Å². The average molecular weight is 948 g/mol. The SMILES string of the molecule is CC(C)C1CCCC1P(c1ccccc1)c1ccccc1.CC(C)C1CCCC1P(c1ccccc1)c1ccccc1.CCCCNC(=O)OCCCC1CCCC1.OCCCC1CCCC1. The van der Waals surface area contributed by atoms with E-state index in [9.17, 15) is 4.79 Å². The normalized spacial score (nSPS) is 20.6. The van der Waals surface area contributed by atoms with E-state index in [1.807, 2.05) is 0 Å². The van der Waals surface area contributed by atoms with Gasteiger partial charge in [0.25, 0.3) is 0 Å². The summed E-state index contributed by atoms with van der Waals surface area (Å²) < 4.78 is 5.10. The summed E-state index contributed by atoms with van der Waals surface area (Å²) in [6, 6.07) is 44.9. The van der Waals surface area contributed by atoms with Gasteiger partial charge in [0.15, 0.2) is 0 Å². The predicted octanol–water partition coefficient (Wildman–Crippen LogP) is 15.3. The molecule has 0 radical (unpaired) electrons. The Balaban J connectivity index is 0.000000174. The molecule has 4 nitrogen and oxygen atoms in total. The number of hydrogen-bond donors (Lipinski definition) is 2. The summed E-state index contributed by atoms with van der Waals surface area (Å²) in [6.07, 6.45) is 26.1. The first kappa shape index (κ1) is 54.9. The van der Waals surface area contributed by atoms with Crippen molar-refractivity contribution in [2.75, 3.05) is 19.8 Å². The molecule has 4 aromatic rings. The topological polar surface area (TPSA) is 58.6 Å². The summed E-state index contributed by atoms with van der Waals surface area (Å²) in [5.74, 6) is 5.22. The monoisotopic (exact) mass is 948 g/mol. The summed E-state index contributed by atoms with van der Waals surface area (Å²) in [6.45, 7) is 13.4. The molecule has 6 heteroatoms. The van der Waals surface area contributed by atoms with Crippen molar-refractivity contribution >= 4 is 43.2 Å². The fourth-order valence-electron chi connectivity index (χ4n) is 11.5. The van der Waals surface area contributed by atoms with Crippen molar-refractivity contribution in [2.45, 2.75) is 174 Å². The third kappa shape index (κ3) is 19.0. The molecule has 4 atom stereocenters. The Labute approximate surface area is 412 Å². The van der Waals surface area contributed by atoms with Crippen molar-refractivity contribution in [3.63, 3.8) is 0 Å². The van der Waals surface area contributed by atoms with E-state index in [4.69, 9.17) is 9.84 Å². The van der Waals surface area contributed by atoms with Gasteiger partial charge in [-0.3, -0.25) is 0 Å².